The molecule has 2 aliphatic heterocycles. The molecule has 2 aromatic carbocycles. The molecule has 2 saturated heterocycles. The molecule has 6 rings (SSSR count). The van der Waals surface area contributed by atoms with Gasteiger partial charge < -0.3 is 40.2 Å². The van der Waals surface area contributed by atoms with Crippen molar-refractivity contribution < 1.29 is 29.0 Å². The zero-order chi connectivity index (χ0) is 41.8. The lowest BCUT2D eigenvalue weighted by Crippen LogP contribution is -2.51. The van der Waals surface area contributed by atoms with Gasteiger partial charge in [-0.25, -0.2) is 19.6 Å². The van der Waals surface area contributed by atoms with Crippen molar-refractivity contribution in [3.05, 3.63) is 82.7 Å². The van der Waals surface area contributed by atoms with Crippen LogP contribution in [0.25, 0.3) is 22.5 Å². The van der Waals surface area contributed by atoms with Crippen LogP contribution < -0.4 is 10.6 Å². The Labute approximate surface area is 343 Å². The van der Waals surface area contributed by atoms with Crippen LogP contribution in [-0.4, -0.2) is 91.1 Å². The molecule has 4 amide bonds. The molecule has 0 aliphatic carbocycles. The number of nitrogens with one attached hydrogen (secondary N) is 4. The summed E-state index contributed by atoms with van der Waals surface area (Å²) in [6, 6.07) is 13.3. The average Bonchev–Trinajstić information content (AvgIpc) is 4.00. The zero-order valence-corrected chi connectivity index (χ0v) is 34.6. The Morgan fingerprint density at radius 2 is 1.29 bits per heavy atom. The fraction of sp³-hybridized carbons (Fsp3) is 0.442. The van der Waals surface area contributed by atoms with E-state index in [0.29, 0.717) is 42.0 Å². The van der Waals surface area contributed by atoms with Gasteiger partial charge in [-0.3, -0.25) is 9.59 Å². The largest absolute Gasteiger partial charge is 0.465 e. The molecule has 58 heavy (non-hydrogen) atoms. The normalized spacial score (nSPS) is 20.1. The third kappa shape index (κ3) is 9.31. The first kappa shape index (κ1) is 41.8. The lowest BCUT2D eigenvalue weighted by molar-refractivity contribution is -0.136. The maximum absolute atomic E-state index is 13.7. The number of hydrogen-bond acceptors (Lipinski definition) is 7. The van der Waals surface area contributed by atoms with Crippen molar-refractivity contribution in [2.75, 3.05) is 20.2 Å². The number of likely N-dealkylation sites (tertiary alicyclic amines) is 2. The van der Waals surface area contributed by atoms with Gasteiger partial charge in [0, 0.05) is 29.8 Å². The number of imidazole rings is 2. The molecule has 14 nitrogen and oxygen atoms in total. The van der Waals surface area contributed by atoms with Gasteiger partial charge in [0.15, 0.2) is 0 Å². The first-order valence-corrected chi connectivity index (χ1v) is 20.0. The number of halogens is 1. The second kappa shape index (κ2) is 17.8. The molecule has 5 N–H and O–H groups in total. The van der Waals surface area contributed by atoms with E-state index in [2.05, 4.69) is 51.3 Å². The highest BCUT2D eigenvalue weighted by Crippen LogP contribution is 2.38. The number of alkyl carbamates (subject to hydrolysis) is 1. The minimum Gasteiger partial charge on any atom is -0.465 e. The third-order valence-electron chi connectivity index (χ3n) is 10.8. The van der Waals surface area contributed by atoms with Crippen molar-refractivity contribution in [1.82, 2.24) is 40.4 Å². The second-order valence-electron chi connectivity index (χ2n) is 16.1. The van der Waals surface area contributed by atoms with Crippen molar-refractivity contribution in [2.45, 2.75) is 78.6 Å². The SMILES string of the molecule is COC(=O)N[C@H](C(=O)N1C[C@@H](C)C[C@H]1c1nc(-c2ccc(C#Cc3ccc(-c4cnc([C@@H]5C[C@H](C)CN5C(=O)[C@@H](NC(=O)O)C(C)C)[nH]4)cc3)cc2)c(Cl)[nH]1)C(C)C. The minimum absolute atomic E-state index is 0.148. The first-order valence-electron chi connectivity index (χ1n) is 19.6. The quantitative estimate of drug-likeness (QED) is 0.106. The predicted molar refractivity (Wildman–Crippen MR) is 219 cm³/mol. The Kier molecular flexibility index (Phi) is 12.8. The van der Waals surface area contributed by atoms with E-state index in [4.69, 9.17) is 21.3 Å². The number of H-pyrrole nitrogens is 2. The molecule has 0 radical (unpaired) electrons. The maximum Gasteiger partial charge on any atom is 0.407 e. The summed E-state index contributed by atoms with van der Waals surface area (Å²) in [6.45, 7) is 12.6. The zero-order valence-electron chi connectivity index (χ0n) is 33.8. The smallest absolute Gasteiger partial charge is 0.407 e. The van der Waals surface area contributed by atoms with Crippen LogP contribution in [0.1, 0.15) is 89.2 Å². The van der Waals surface area contributed by atoms with Gasteiger partial charge in [0.1, 0.15) is 34.6 Å². The van der Waals surface area contributed by atoms with Crippen LogP contribution in [0.3, 0.4) is 0 Å². The van der Waals surface area contributed by atoms with Gasteiger partial charge in [-0.15, -0.1) is 0 Å². The number of aromatic amines is 2. The van der Waals surface area contributed by atoms with Crippen molar-refractivity contribution >= 4 is 35.6 Å². The van der Waals surface area contributed by atoms with Gasteiger partial charge in [-0.2, -0.15) is 0 Å². The predicted octanol–water partition coefficient (Wildman–Crippen LogP) is 7.01. The van der Waals surface area contributed by atoms with Crippen LogP contribution in [0.2, 0.25) is 5.15 Å². The number of nitrogens with zero attached hydrogens (tertiary/aromatic N) is 4. The molecule has 0 saturated carbocycles. The molecule has 2 fully saturated rings. The second-order valence-corrected chi connectivity index (χ2v) is 16.5. The number of hydrogen-bond donors (Lipinski definition) is 5. The summed E-state index contributed by atoms with van der Waals surface area (Å²) < 4.78 is 4.76. The van der Waals surface area contributed by atoms with Crippen LogP contribution in [0.5, 0.6) is 0 Å². The van der Waals surface area contributed by atoms with Crippen LogP contribution in [0, 0.1) is 35.5 Å². The van der Waals surface area contributed by atoms with E-state index in [-0.39, 0.29) is 47.6 Å². The lowest BCUT2D eigenvalue weighted by Gasteiger charge is -2.30. The average molecular weight is 811 g/mol. The van der Waals surface area contributed by atoms with E-state index in [0.717, 1.165) is 34.4 Å². The maximum atomic E-state index is 13.7. The first-order chi connectivity index (χ1) is 27.6. The van der Waals surface area contributed by atoms with E-state index >= 15 is 0 Å². The van der Waals surface area contributed by atoms with E-state index < -0.39 is 24.3 Å². The number of methoxy groups -OCH3 is 1. The Morgan fingerprint density at radius 1 is 0.793 bits per heavy atom. The molecule has 4 heterocycles. The number of aromatic nitrogens is 4. The molecule has 2 aliphatic rings. The summed E-state index contributed by atoms with van der Waals surface area (Å²) in [4.78, 5) is 70.2. The Hall–Kier alpha value is -5.81. The van der Waals surface area contributed by atoms with E-state index in [1.165, 1.54) is 7.11 Å². The van der Waals surface area contributed by atoms with E-state index in [9.17, 15) is 24.3 Å². The standard InChI is InChI=1S/C43H51ClN8O6/c1-23(2)34(48-42(55)56)40(53)51-21-25(5)18-32(51)38-45-20-31(46-38)29-14-10-27(11-15-29)8-9-28-12-16-30(17-13-28)36-37(44)50-39(47-36)33-19-26(6)22-52(33)41(54)35(24(3)4)49-43(57)58-7/h10-17,20,23-26,32-35,48H,18-19,21-22H2,1-7H3,(H,45,46)(H,47,50)(H,49,57)(H,55,56)/t25-,26-,32-,33-,34-,35-/m0/s1. The van der Waals surface area contributed by atoms with Gasteiger partial charge in [0.25, 0.3) is 0 Å². The number of carboxylic acid groups (broad SMARTS) is 1. The number of benzene rings is 2. The molecule has 2 aromatic heterocycles. The van der Waals surface area contributed by atoms with Gasteiger partial charge in [0.05, 0.1) is 31.1 Å². The summed E-state index contributed by atoms with van der Waals surface area (Å²) in [6.07, 6.45) is 1.30. The molecule has 4 aromatic rings. The van der Waals surface area contributed by atoms with Crippen molar-refractivity contribution in [3.8, 4) is 34.4 Å². The molecular formula is C43H51ClN8O6. The van der Waals surface area contributed by atoms with Crippen LogP contribution in [0.4, 0.5) is 9.59 Å². The minimum atomic E-state index is -1.22. The third-order valence-corrected chi connectivity index (χ3v) is 11.1. The van der Waals surface area contributed by atoms with E-state index in [1.54, 1.807) is 16.0 Å². The Bertz CT molecular complexity index is 2190. The highest BCUT2D eigenvalue weighted by Gasteiger charge is 2.41. The molecule has 0 bridgehead atoms. The number of amides is 4. The molecule has 15 heteroatoms. The fourth-order valence-electron chi connectivity index (χ4n) is 7.76. The highest BCUT2D eigenvalue weighted by molar-refractivity contribution is 6.31. The number of rotatable bonds is 10. The monoisotopic (exact) mass is 810 g/mol. The summed E-state index contributed by atoms with van der Waals surface area (Å²) in [5, 5.41) is 14.8. The topological polar surface area (TPSA) is 186 Å². The van der Waals surface area contributed by atoms with Crippen molar-refractivity contribution in [2.24, 2.45) is 23.7 Å². The molecule has 6 atom stereocenters. The number of ether oxygens (including phenoxy) is 1. The summed E-state index contributed by atoms with van der Waals surface area (Å²) in [5.74, 6) is 7.38. The lowest BCUT2D eigenvalue weighted by atomic mass is 10.0. The van der Waals surface area contributed by atoms with Crippen LogP contribution in [0.15, 0.2) is 54.7 Å². The van der Waals surface area contributed by atoms with Crippen molar-refractivity contribution in [3.63, 3.8) is 0 Å². The van der Waals surface area contributed by atoms with Gasteiger partial charge in [-0.05, 0) is 66.3 Å². The van der Waals surface area contributed by atoms with Gasteiger partial charge in [0.2, 0.25) is 11.8 Å². The van der Waals surface area contributed by atoms with Gasteiger partial charge >= 0.3 is 12.2 Å². The molecule has 0 spiro atoms. The summed E-state index contributed by atoms with van der Waals surface area (Å²) in [7, 11) is 1.27. The van der Waals surface area contributed by atoms with Crippen LogP contribution >= 0.6 is 11.6 Å². The van der Waals surface area contributed by atoms with Crippen LogP contribution in [-0.2, 0) is 14.3 Å². The number of carbonyl (C=O) groups is 4. The summed E-state index contributed by atoms with van der Waals surface area (Å²) >= 11 is 6.69. The summed E-state index contributed by atoms with van der Waals surface area (Å²) in [5.41, 5.74) is 4.72. The van der Waals surface area contributed by atoms with E-state index in [1.807, 2.05) is 76.2 Å². The Balaban J connectivity index is 1.12. The molecule has 0 unspecified atom stereocenters. The van der Waals surface area contributed by atoms with Gasteiger partial charge in [-0.1, -0.05) is 89.2 Å². The Morgan fingerprint density at radius 3 is 1.79 bits per heavy atom. The molecular weight excluding hydrogens is 760 g/mol. The number of carbonyl (C=O) groups excluding carboxylic acids is 3. The molecule has 306 valence electrons. The van der Waals surface area contributed by atoms with Crippen molar-refractivity contribution in [1.29, 1.82) is 0 Å². The highest BCUT2D eigenvalue weighted by atomic mass is 35.5. The fourth-order valence-corrected chi connectivity index (χ4v) is 8.01.